The first-order valence-corrected chi connectivity index (χ1v) is 22.4. The number of hydrogen-bond donors (Lipinski definition) is 0. The van der Waals surface area contributed by atoms with Crippen LogP contribution < -0.4 is 4.90 Å². The Hall–Kier alpha value is -8.46. The quantitative estimate of drug-likeness (QED) is 0.159. The number of rotatable bonds is 7. The first kappa shape index (κ1) is 37.1. The zero-order valence-corrected chi connectivity index (χ0v) is 35.5. The maximum absolute atomic E-state index is 7.02. The molecule has 0 unspecified atom stereocenters. The number of furan rings is 1. The summed E-state index contributed by atoms with van der Waals surface area (Å²) >= 11 is 0. The first-order chi connectivity index (χ1) is 32.3. The van der Waals surface area contributed by atoms with Gasteiger partial charge in [0.2, 0.25) is 0 Å². The highest BCUT2D eigenvalue weighted by Gasteiger charge is 2.46. The molecule has 0 bridgehead atoms. The van der Waals surface area contributed by atoms with E-state index in [1.807, 2.05) is 0 Å². The van der Waals surface area contributed by atoms with Gasteiger partial charge < -0.3 is 9.32 Å². The van der Waals surface area contributed by atoms with E-state index in [0.717, 1.165) is 44.4 Å². The average molecular weight is 828 g/mol. The van der Waals surface area contributed by atoms with E-state index < -0.39 is 5.41 Å². The summed E-state index contributed by atoms with van der Waals surface area (Å²) in [5.41, 5.74) is 16.6. The van der Waals surface area contributed by atoms with Crippen molar-refractivity contribution in [3.05, 3.63) is 271 Å². The van der Waals surface area contributed by atoms with Crippen LogP contribution in [0.1, 0.15) is 22.3 Å². The molecule has 1 aliphatic rings. The fraction of sp³-hybridized carbons (Fsp3) is 0.0159. The molecule has 1 heterocycles. The average Bonchev–Trinajstić information content (AvgIpc) is 3.91. The fourth-order valence-electron chi connectivity index (χ4n) is 10.9. The van der Waals surface area contributed by atoms with E-state index in [9.17, 15) is 0 Å². The van der Waals surface area contributed by atoms with E-state index in [2.05, 4.69) is 254 Å². The molecule has 12 aromatic rings. The Balaban J connectivity index is 1.10. The van der Waals surface area contributed by atoms with E-state index in [4.69, 9.17) is 4.42 Å². The van der Waals surface area contributed by atoms with Crippen molar-refractivity contribution < 1.29 is 4.42 Å². The van der Waals surface area contributed by atoms with Crippen molar-refractivity contribution in [1.82, 2.24) is 0 Å². The summed E-state index contributed by atoms with van der Waals surface area (Å²) in [6, 6.07) is 90.8. The molecular formula is C63H41NO. The molecule has 2 nitrogen and oxygen atoms in total. The maximum atomic E-state index is 7.02. The molecule has 0 N–H and O–H groups in total. The van der Waals surface area contributed by atoms with E-state index in [-0.39, 0.29) is 0 Å². The number of hydrogen-bond acceptors (Lipinski definition) is 2. The molecule has 13 rings (SSSR count). The lowest BCUT2D eigenvalue weighted by Gasteiger charge is -2.35. The van der Waals surface area contributed by atoms with Crippen LogP contribution in [0.2, 0.25) is 0 Å². The summed E-state index contributed by atoms with van der Waals surface area (Å²) in [5, 5.41) is 6.87. The molecule has 2 heteroatoms. The van der Waals surface area contributed by atoms with Gasteiger partial charge in [-0.15, -0.1) is 0 Å². The first-order valence-electron chi connectivity index (χ1n) is 22.4. The molecule has 0 amide bonds. The van der Waals surface area contributed by atoms with Gasteiger partial charge in [0.25, 0.3) is 0 Å². The van der Waals surface area contributed by atoms with E-state index in [1.54, 1.807) is 0 Å². The van der Waals surface area contributed by atoms with Crippen molar-refractivity contribution in [2.24, 2.45) is 0 Å². The van der Waals surface area contributed by atoms with Crippen LogP contribution >= 0.6 is 0 Å². The maximum Gasteiger partial charge on any atom is 0.143 e. The lowest BCUT2D eigenvalue weighted by atomic mass is 9.67. The summed E-state index contributed by atoms with van der Waals surface area (Å²) in [4.78, 5) is 2.45. The highest BCUT2D eigenvalue weighted by atomic mass is 16.3. The molecule has 1 aromatic heterocycles. The lowest BCUT2D eigenvalue weighted by Crippen LogP contribution is -2.28. The van der Waals surface area contributed by atoms with Gasteiger partial charge in [-0.1, -0.05) is 206 Å². The van der Waals surface area contributed by atoms with Crippen LogP contribution in [0.25, 0.3) is 76.9 Å². The van der Waals surface area contributed by atoms with Crippen molar-refractivity contribution in [2.75, 3.05) is 4.90 Å². The highest BCUT2D eigenvalue weighted by molar-refractivity contribution is 6.23. The molecular weight excluding hydrogens is 787 g/mol. The van der Waals surface area contributed by atoms with Crippen LogP contribution in [0.4, 0.5) is 17.1 Å². The number of fused-ring (bicyclic) bond motifs is 9. The number of anilines is 3. The molecule has 304 valence electrons. The third-order valence-corrected chi connectivity index (χ3v) is 13.7. The monoisotopic (exact) mass is 827 g/mol. The number of nitrogens with zero attached hydrogens (tertiary/aromatic N) is 1. The molecule has 1 aliphatic carbocycles. The minimum absolute atomic E-state index is 0.548. The van der Waals surface area contributed by atoms with Crippen LogP contribution in [-0.4, -0.2) is 0 Å². The summed E-state index contributed by atoms with van der Waals surface area (Å²) in [6.07, 6.45) is 0. The summed E-state index contributed by atoms with van der Waals surface area (Å²) in [6.45, 7) is 0. The standard InChI is InChI=1S/C63H41NO/c1-4-18-42(19-5-1)43-34-36-47(37-35-43)64(48-38-39-53-52-28-14-15-31-57(52)63(58(53)40-48,45-22-6-2-7-23-45)46-24-8-3-9-25-46)59-32-17-33-60-61(59)56-41-55(51-27-12-13-29-54(51)62(56)65-60)50-30-16-21-44-20-10-11-26-49(44)50/h1-41H. The normalized spacial score (nSPS) is 12.7. The van der Waals surface area contributed by atoms with Gasteiger partial charge >= 0.3 is 0 Å². The van der Waals surface area contributed by atoms with Gasteiger partial charge in [-0.3, -0.25) is 0 Å². The molecule has 0 spiro atoms. The molecule has 0 radical (unpaired) electrons. The largest absolute Gasteiger partial charge is 0.455 e. The minimum atomic E-state index is -0.548. The summed E-state index contributed by atoms with van der Waals surface area (Å²) < 4.78 is 7.02. The molecule has 65 heavy (non-hydrogen) atoms. The van der Waals surface area contributed by atoms with E-state index >= 15 is 0 Å². The van der Waals surface area contributed by atoms with Crippen molar-refractivity contribution in [2.45, 2.75) is 5.41 Å². The van der Waals surface area contributed by atoms with Gasteiger partial charge in [-0.25, -0.2) is 0 Å². The molecule has 0 atom stereocenters. The molecule has 0 saturated carbocycles. The molecule has 0 saturated heterocycles. The second-order valence-corrected chi connectivity index (χ2v) is 17.1. The molecule has 0 fully saturated rings. The number of benzene rings is 11. The van der Waals surface area contributed by atoms with Crippen LogP contribution in [0.15, 0.2) is 253 Å². The summed E-state index contributed by atoms with van der Waals surface area (Å²) in [5.74, 6) is 0. The van der Waals surface area contributed by atoms with Crippen molar-refractivity contribution in [1.29, 1.82) is 0 Å². The summed E-state index contributed by atoms with van der Waals surface area (Å²) in [7, 11) is 0. The lowest BCUT2D eigenvalue weighted by molar-refractivity contribution is 0.672. The van der Waals surface area contributed by atoms with Gasteiger partial charge in [0.05, 0.1) is 16.5 Å². The Morgan fingerprint density at radius 1 is 0.338 bits per heavy atom. The topological polar surface area (TPSA) is 16.4 Å². The Morgan fingerprint density at radius 3 is 1.68 bits per heavy atom. The second kappa shape index (κ2) is 14.8. The van der Waals surface area contributed by atoms with Gasteiger partial charge in [-0.05, 0) is 114 Å². The van der Waals surface area contributed by atoms with E-state index in [0.29, 0.717) is 0 Å². The zero-order chi connectivity index (χ0) is 42.9. The minimum Gasteiger partial charge on any atom is -0.455 e. The molecule has 11 aromatic carbocycles. The Kier molecular flexibility index (Phi) is 8.47. The third-order valence-electron chi connectivity index (χ3n) is 13.7. The molecule has 0 aliphatic heterocycles. The van der Waals surface area contributed by atoms with Crippen LogP contribution in [0, 0.1) is 0 Å². The van der Waals surface area contributed by atoms with E-state index in [1.165, 1.54) is 71.8 Å². The van der Waals surface area contributed by atoms with Crippen molar-refractivity contribution in [3.8, 4) is 33.4 Å². The predicted octanol–water partition coefficient (Wildman–Crippen LogP) is 17.1. The highest BCUT2D eigenvalue weighted by Crippen LogP contribution is 2.58. The van der Waals surface area contributed by atoms with Gasteiger partial charge in [0, 0.05) is 22.1 Å². The fourth-order valence-corrected chi connectivity index (χ4v) is 10.9. The predicted molar refractivity (Wildman–Crippen MR) is 272 cm³/mol. The van der Waals surface area contributed by atoms with Crippen molar-refractivity contribution >= 4 is 60.5 Å². The third kappa shape index (κ3) is 5.67. The van der Waals surface area contributed by atoms with Crippen LogP contribution in [0.3, 0.4) is 0 Å². The van der Waals surface area contributed by atoms with Gasteiger partial charge in [-0.2, -0.15) is 0 Å². The van der Waals surface area contributed by atoms with Crippen molar-refractivity contribution in [3.63, 3.8) is 0 Å². The van der Waals surface area contributed by atoms with Crippen LogP contribution in [-0.2, 0) is 5.41 Å². The van der Waals surface area contributed by atoms with Crippen LogP contribution in [0.5, 0.6) is 0 Å². The SMILES string of the molecule is c1ccc(-c2ccc(N(c3ccc4c(c3)C(c3ccccc3)(c3ccccc3)c3ccccc3-4)c3cccc4oc5c6ccccc6c(-c6cccc7ccccc67)cc5c34)cc2)cc1. The van der Waals surface area contributed by atoms with Gasteiger partial charge in [0.1, 0.15) is 11.2 Å². The Bertz CT molecular complexity index is 3710. The van der Waals surface area contributed by atoms with Gasteiger partial charge in [0.15, 0.2) is 0 Å². The smallest absolute Gasteiger partial charge is 0.143 e. The second-order valence-electron chi connectivity index (χ2n) is 17.1. The Labute approximate surface area is 377 Å². The Morgan fingerprint density at radius 2 is 0.908 bits per heavy atom. The zero-order valence-electron chi connectivity index (χ0n) is 35.5.